The number of ether oxygens (including phenoxy) is 3. The molecule has 3 aromatic rings. The highest BCUT2D eigenvalue weighted by Gasteiger charge is 2.11. The highest BCUT2D eigenvalue weighted by Crippen LogP contribution is 2.28. The monoisotopic (exact) mass is 490 g/mol. The van der Waals surface area contributed by atoms with Crippen molar-refractivity contribution in [1.29, 1.82) is 0 Å². The summed E-state index contributed by atoms with van der Waals surface area (Å²) in [5, 5.41) is 6.81. The van der Waals surface area contributed by atoms with E-state index in [9.17, 15) is 9.59 Å². The molecule has 2 N–H and O–H groups in total. The molecule has 0 atom stereocenters. The Kier molecular flexibility index (Phi) is 9.27. The first-order valence-electron chi connectivity index (χ1n) is 11.3. The van der Waals surface area contributed by atoms with Gasteiger partial charge in [-0.05, 0) is 61.0 Å². The fraction of sp³-hybridized carbons (Fsp3) is 0.222. The number of amides is 2. The highest BCUT2D eigenvalue weighted by molar-refractivity contribution is 5.96. The van der Waals surface area contributed by atoms with Gasteiger partial charge in [0.2, 0.25) is 0 Å². The van der Waals surface area contributed by atoms with Gasteiger partial charge in [-0.25, -0.2) is 5.43 Å². The van der Waals surface area contributed by atoms with E-state index in [1.54, 1.807) is 48.5 Å². The smallest absolute Gasteiger partial charge is 0.271 e. The van der Waals surface area contributed by atoms with Gasteiger partial charge in [0.25, 0.3) is 11.8 Å². The van der Waals surface area contributed by atoms with Crippen LogP contribution in [0, 0.1) is 0 Å². The summed E-state index contributed by atoms with van der Waals surface area (Å²) in [6.07, 6.45) is 1.51. The fourth-order valence-corrected chi connectivity index (χ4v) is 3.23. The Morgan fingerprint density at radius 3 is 2.50 bits per heavy atom. The number of hydrogen-bond donors (Lipinski definition) is 2. The molecule has 0 aliphatic heterocycles. The van der Waals surface area contributed by atoms with Crippen LogP contribution in [-0.4, -0.2) is 52.4 Å². The molecule has 0 aliphatic rings. The van der Waals surface area contributed by atoms with Crippen LogP contribution in [0.25, 0.3) is 0 Å². The van der Waals surface area contributed by atoms with Gasteiger partial charge in [-0.3, -0.25) is 9.59 Å². The van der Waals surface area contributed by atoms with Gasteiger partial charge < -0.3 is 24.4 Å². The summed E-state index contributed by atoms with van der Waals surface area (Å²) in [7, 11) is 5.35. The number of methoxy groups -OCH3 is 1. The van der Waals surface area contributed by atoms with Crippen LogP contribution in [0.1, 0.15) is 22.8 Å². The van der Waals surface area contributed by atoms with E-state index >= 15 is 0 Å². The molecule has 188 valence electrons. The van der Waals surface area contributed by atoms with E-state index in [4.69, 9.17) is 14.2 Å². The van der Waals surface area contributed by atoms with Crippen LogP contribution in [0.4, 0.5) is 11.4 Å². The third-order valence-electron chi connectivity index (χ3n) is 5.01. The van der Waals surface area contributed by atoms with Gasteiger partial charge in [0.05, 0.1) is 25.6 Å². The molecule has 9 nitrogen and oxygen atoms in total. The van der Waals surface area contributed by atoms with E-state index in [1.165, 1.54) is 13.3 Å². The average molecular weight is 491 g/mol. The highest BCUT2D eigenvalue weighted by atomic mass is 16.5. The predicted molar refractivity (Wildman–Crippen MR) is 141 cm³/mol. The molecule has 0 spiro atoms. The third kappa shape index (κ3) is 7.23. The SMILES string of the molecule is CCOc1cc(/C=N\NC(=O)c2cccc(N(C)C)c2)ccc1OCC(=O)Nc1ccccc1OC. The van der Waals surface area contributed by atoms with Crippen molar-refractivity contribution in [3.05, 3.63) is 77.9 Å². The zero-order valence-corrected chi connectivity index (χ0v) is 20.8. The number of rotatable bonds is 11. The minimum absolute atomic E-state index is 0.215. The number of nitrogens with one attached hydrogen (secondary N) is 2. The van der Waals surface area contributed by atoms with Gasteiger partial charge >= 0.3 is 0 Å². The lowest BCUT2D eigenvalue weighted by atomic mass is 10.2. The number of hydrazone groups is 1. The number of carbonyl (C=O) groups is 2. The first-order valence-corrected chi connectivity index (χ1v) is 11.3. The molecule has 0 saturated carbocycles. The van der Waals surface area contributed by atoms with Gasteiger partial charge in [-0.1, -0.05) is 18.2 Å². The molecule has 0 aliphatic carbocycles. The summed E-state index contributed by atoms with van der Waals surface area (Å²) in [4.78, 5) is 26.7. The Hall–Kier alpha value is -4.53. The quantitative estimate of drug-likeness (QED) is 0.312. The second-order valence-electron chi connectivity index (χ2n) is 7.82. The molecule has 3 rings (SSSR count). The summed E-state index contributed by atoms with van der Waals surface area (Å²) in [6, 6.07) is 19.5. The zero-order valence-electron chi connectivity index (χ0n) is 20.8. The molecule has 9 heteroatoms. The second kappa shape index (κ2) is 12.8. The number of carbonyl (C=O) groups excluding carboxylic acids is 2. The Balaban J connectivity index is 1.61. The lowest BCUT2D eigenvalue weighted by Crippen LogP contribution is -2.20. The van der Waals surface area contributed by atoms with Crippen molar-refractivity contribution in [2.45, 2.75) is 6.92 Å². The van der Waals surface area contributed by atoms with Gasteiger partial charge in [0.15, 0.2) is 18.1 Å². The predicted octanol–water partition coefficient (Wildman–Crippen LogP) is 3.94. The van der Waals surface area contributed by atoms with Crippen LogP contribution >= 0.6 is 0 Å². The third-order valence-corrected chi connectivity index (χ3v) is 5.01. The van der Waals surface area contributed by atoms with Crippen molar-refractivity contribution < 1.29 is 23.8 Å². The molecule has 0 heterocycles. The number of hydrogen-bond acceptors (Lipinski definition) is 7. The number of benzene rings is 3. The van der Waals surface area contributed by atoms with E-state index in [0.717, 1.165) is 5.69 Å². The number of anilines is 2. The van der Waals surface area contributed by atoms with E-state index in [2.05, 4.69) is 15.8 Å². The first-order chi connectivity index (χ1) is 17.4. The molecule has 0 aromatic heterocycles. The molecule has 0 saturated heterocycles. The van der Waals surface area contributed by atoms with Crippen LogP contribution in [0.15, 0.2) is 71.8 Å². The summed E-state index contributed by atoms with van der Waals surface area (Å²) >= 11 is 0. The normalized spacial score (nSPS) is 10.6. The van der Waals surface area contributed by atoms with Gasteiger partial charge in [0, 0.05) is 25.3 Å². The van der Waals surface area contributed by atoms with Gasteiger partial charge in [-0.2, -0.15) is 5.10 Å². The second-order valence-corrected chi connectivity index (χ2v) is 7.82. The van der Waals surface area contributed by atoms with Crippen molar-refractivity contribution in [3.63, 3.8) is 0 Å². The Labute approximate surface area is 210 Å². The lowest BCUT2D eigenvalue weighted by Gasteiger charge is -2.13. The molecule has 0 radical (unpaired) electrons. The lowest BCUT2D eigenvalue weighted by molar-refractivity contribution is -0.118. The van der Waals surface area contributed by atoms with Crippen molar-refractivity contribution in [1.82, 2.24) is 5.43 Å². The minimum Gasteiger partial charge on any atom is -0.495 e. The summed E-state index contributed by atoms with van der Waals surface area (Å²) in [5.41, 5.74) is 5.19. The van der Waals surface area contributed by atoms with Crippen LogP contribution in [0.3, 0.4) is 0 Å². The summed E-state index contributed by atoms with van der Waals surface area (Å²) < 4.78 is 16.6. The van der Waals surface area contributed by atoms with Crippen molar-refractivity contribution in [2.75, 3.05) is 44.6 Å². The van der Waals surface area contributed by atoms with Gasteiger partial charge in [0.1, 0.15) is 5.75 Å². The van der Waals surface area contributed by atoms with Crippen molar-refractivity contribution >= 4 is 29.4 Å². The van der Waals surface area contributed by atoms with Crippen molar-refractivity contribution in [2.24, 2.45) is 5.10 Å². The molecular weight excluding hydrogens is 460 g/mol. The Bertz CT molecular complexity index is 1230. The molecule has 0 fully saturated rings. The van der Waals surface area contributed by atoms with Crippen LogP contribution in [-0.2, 0) is 4.79 Å². The molecule has 3 aromatic carbocycles. The Morgan fingerprint density at radius 2 is 1.75 bits per heavy atom. The molecule has 2 amide bonds. The van der Waals surface area contributed by atoms with E-state index in [-0.39, 0.29) is 18.4 Å². The molecule has 0 bridgehead atoms. The van der Waals surface area contributed by atoms with Crippen LogP contribution in [0.2, 0.25) is 0 Å². The van der Waals surface area contributed by atoms with E-state index in [1.807, 2.05) is 44.1 Å². The molecular formula is C27H30N4O5. The maximum absolute atomic E-state index is 12.4. The average Bonchev–Trinajstić information content (AvgIpc) is 2.88. The van der Waals surface area contributed by atoms with Crippen LogP contribution < -0.4 is 29.9 Å². The number of para-hydroxylation sites is 2. The largest absolute Gasteiger partial charge is 0.495 e. The molecule has 36 heavy (non-hydrogen) atoms. The minimum atomic E-state index is -0.339. The van der Waals surface area contributed by atoms with Crippen molar-refractivity contribution in [3.8, 4) is 17.2 Å². The van der Waals surface area contributed by atoms with E-state index in [0.29, 0.717) is 40.7 Å². The molecule has 0 unspecified atom stereocenters. The fourth-order valence-electron chi connectivity index (χ4n) is 3.23. The Morgan fingerprint density at radius 1 is 0.944 bits per heavy atom. The summed E-state index contributed by atoms with van der Waals surface area (Å²) in [6.45, 7) is 2.04. The standard InChI is InChI=1S/C27H30N4O5/c1-5-35-25-15-19(17-28-30-27(33)20-9-8-10-21(16-20)31(2)3)13-14-24(25)36-18-26(32)29-22-11-6-7-12-23(22)34-4/h6-17H,5,18H2,1-4H3,(H,29,32)(H,30,33)/b28-17-. The summed E-state index contributed by atoms with van der Waals surface area (Å²) in [5.74, 6) is 0.766. The van der Waals surface area contributed by atoms with E-state index < -0.39 is 0 Å². The number of nitrogens with zero attached hydrogens (tertiary/aromatic N) is 2. The topological polar surface area (TPSA) is 101 Å². The first kappa shape index (κ1) is 26.1. The van der Waals surface area contributed by atoms with Crippen LogP contribution in [0.5, 0.6) is 17.2 Å². The zero-order chi connectivity index (χ0) is 25.9. The van der Waals surface area contributed by atoms with Gasteiger partial charge in [-0.15, -0.1) is 0 Å². The maximum Gasteiger partial charge on any atom is 0.271 e. The maximum atomic E-state index is 12.4.